The Balaban J connectivity index is 2.85. The number of carbonyl (C=O) groups excluding carboxylic acids is 1. The van der Waals surface area contributed by atoms with Gasteiger partial charge in [0.2, 0.25) is 5.91 Å². The van der Waals surface area contributed by atoms with Crippen LogP contribution in [-0.2, 0) is 4.79 Å². The quantitative estimate of drug-likeness (QED) is 0.819. The van der Waals surface area contributed by atoms with E-state index >= 15 is 0 Å². The van der Waals surface area contributed by atoms with Gasteiger partial charge in [0.15, 0.2) is 0 Å². The fourth-order valence-corrected chi connectivity index (χ4v) is 2.34. The van der Waals surface area contributed by atoms with Gasteiger partial charge in [-0.25, -0.2) is 0 Å². The molecule has 0 radical (unpaired) electrons. The number of halogens is 3. The molecule has 0 aromatic heterocycles. The van der Waals surface area contributed by atoms with Gasteiger partial charge in [0.05, 0.1) is 20.8 Å². The van der Waals surface area contributed by atoms with E-state index in [0.717, 1.165) is 0 Å². The molecule has 1 aromatic carbocycles. The van der Waals surface area contributed by atoms with Crippen LogP contribution >= 0.6 is 34.8 Å². The van der Waals surface area contributed by atoms with Crippen molar-refractivity contribution in [2.45, 2.75) is 26.8 Å². The van der Waals surface area contributed by atoms with Gasteiger partial charge in [-0.05, 0) is 32.9 Å². The molecule has 1 amide bonds. The van der Waals surface area contributed by atoms with Gasteiger partial charge >= 0.3 is 0 Å². The van der Waals surface area contributed by atoms with Crippen LogP contribution in [0.1, 0.15) is 20.8 Å². The van der Waals surface area contributed by atoms with Crippen LogP contribution in [0.5, 0.6) is 0 Å². The predicted octanol–water partition coefficient (Wildman–Crippen LogP) is 4.32. The molecular weight excluding hydrogens is 307 g/mol. The van der Waals surface area contributed by atoms with Crippen LogP contribution in [0.4, 0.5) is 5.69 Å². The number of benzene rings is 1. The number of amides is 1. The SMILES string of the molecule is CCN(CC)C(=O)C(C)Nc1cc(Cl)c(Cl)cc1Cl. The highest BCUT2D eigenvalue weighted by Gasteiger charge is 2.19. The van der Waals surface area contributed by atoms with Gasteiger partial charge in [-0.3, -0.25) is 4.79 Å². The Labute approximate surface area is 128 Å². The van der Waals surface area contributed by atoms with E-state index in [0.29, 0.717) is 33.8 Å². The second-order valence-corrected chi connectivity index (χ2v) is 5.34. The van der Waals surface area contributed by atoms with Crippen LogP contribution in [0.3, 0.4) is 0 Å². The third-order valence-corrected chi connectivity index (χ3v) is 3.86. The summed E-state index contributed by atoms with van der Waals surface area (Å²) in [5.74, 6) is 0.0205. The lowest BCUT2D eigenvalue weighted by Crippen LogP contribution is -2.41. The van der Waals surface area contributed by atoms with Gasteiger partial charge in [0, 0.05) is 13.1 Å². The molecule has 0 spiro atoms. The van der Waals surface area contributed by atoms with Crippen molar-refractivity contribution < 1.29 is 4.79 Å². The molecule has 0 fully saturated rings. The van der Waals surface area contributed by atoms with Gasteiger partial charge in [-0.1, -0.05) is 34.8 Å². The third kappa shape index (κ3) is 4.16. The summed E-state index contributed by atoms with van der Waals surface area (Å²) in [6.07, 6.45) is 0. The van der Waals surface area contributed by atoms with Crippen molar-refractivity contribution in [2.75, 3.05) is 18.4 Å². The molecule has 106 valence electrons. The van der Waals surface area contributed by atoms with E-state index in [1.54, 1.807) is 24.0 Å². The Morgan fingerprint density at radius 2 is 1.68 bits per heavy atom. The number of nitrogens with one attached hydrogen (secondary N) is 1. The highest BCUT2D eigenvalue weighted by atomic mass is 35.5. The highest BCUT2D eigenvalue weighted by Crippen LogP contribution is 2.32. The number of hydrogen-bond donors (Lipinski definition) is 1. The van der Waals surface area contributed by atoms with Crippen molar-refractivity contribution in [3.63, 3.8) is 0 Å². The molecule has 0 heterocycles. The molecule has 0 saturated heterocycles. The topological polar surface area (TPSA) is 32.3 Å². The number of hydrogen-bond acceptors (Lipinski definition) is 2. The Kier molecular flexibility index (Phi) is 6.24. The van der Waals surface area contributed by atoms with Crippen LogP contribution in [0.2, 0.25) is 15.1 Å². The molecule has 0 aliphatic heterocycles. The smallest absolute Gasteiger partial charge is 0.244 e. The summed E-state index contributed by atoms with van der Waals surface area (Å²) in [7, 11) is 0. The zero-order chi connectivity index (χ0) is 14.6. The van der Waals surface area contributed by atoms with Gasteiger partial charge in [0.25, 0.3) is 0 Å². The highest BCUT2D eigenvalue weighted by molar-refractivity contribution is 6.44. The number of anilines is 1. The predicted molar refractivity (Wildman–Crippen MR) is 82.5 cm³/mol. The molecule has 1 N–H and O–H groups in total. The third-order valence-electron chi connectivity index (χ3n) is 2.83. The first-order valence-electron chi connectivity index (χ1n) is 6.10. The maximum absolute atomic E-state index is 12.1. The molecular formula is C13H17Cl3N2O. The Morgan fingerprint density at radius 1 is 1.16 bits per heavy atom. The summed E-state index contributed by atoms with van der Waals surface area (Å²) in [5.41, 5.74) is 0.601. The molecule has 19 heavy (non-hydrogen) atoms. The molecule has 0 bridgehead atoms. The van der Waals surface area contributed by atoms with Crippen molar-refractivity contribution in [3.05, 3.63) is 27.2 Å². The number of carbonyl (C=O) groups is 1. The van der Waals surface area contributed by atoms with Crippen molar-refractivity contribution in [1.29, 1.82) is 0 Å². The fraction of sp³-hybridized carbons (Fsp3) is 0.462. The van der Waals surface area contributed by atoms with Gasteiger partial charge < -0.3 is 10.2 Å². The zero-order valence-electron chi connectivity index (χ0n) is 11.1. The summed E-state index contributed by atoms with van der Waals surface area (Å²) >= 11 is 17.9. The van der Waals surface area contributed by atoms with E-state index in [-0.39, 0.29) is 11.9 Å². The first kappa shape index (κ1) is 16.4. The molecule has 6 heteroatoms. The van der Waals surface area contributed by atoms with Crippen molar-refractivity contribution in [3.8, 4) is 0 Å². The molecule has 1 aromatic rings. The Bertz CT molecular complexity index is 461. The molecule has 1 atom stereocenters. The minimum absolute atomic E-state index is 0.0205. The van der Waals surface area contributed by atoms with Crippen LogP contribution in [0.25, 0.3) is 0 Å². The lowest BCUT2D eigenvalue weighted by Gasteiger charge is -2.24. The Morgan fingerprint density at radius 3 is 2.21 bits per heavy atom. The van der Waals surface area contributed by atoms with E-state index in [1.165, 1.54) is 0 Å². The Hall–Kier alpha value is -0.640. The summed E-state index contributed by atoms with van der Waals surface area (Å²) in [4.78, 5) is 13.9. The molecule has 0 aliphatic rings. The van der Waals surface area contributed by atoms with E-state index in [4.69, 9.17) is 34.8 Å². The van der Waals surface area contributed by atoms with Gasteiger partial charge in [0.1, 0.15) is 6.04 Å². The standard InChI is InChI=1S/C13H17Cl3N2O/c1-4-18(5-2)13(19)8(3)17-12-7-10(15)9(14)6-11(12)16/h6-8,17H,4-5H2,1-3H3. The summed E-state index contributed by atoms with van der Waals surface area (Å²) in [6.45, 7) is 7.03. The average Bonchev–Trinajstić information content (AvgIpc) is 2.37. The monoisotopic (exact) mass is 322 g/mol. The second-order valence-electron chi connectivity index (χ2n) is 4.12. The maximum Gasteiger partial charge on any atom is 0.244 e. The van der Waals surface area contributed by atoms with E-state index in [1.807, 2.05) is 13.8 Å². The van der Waals surface area contributed by atoms with Gasteiger partial charge in [-0.2, -0.15) is 0 Å². The normalized spacial score (nSPS) is 12.1. The van der Waals surface area contributed by atoms with Crippen LogP contribution in [-0.4, -0.2) is 29.9 Å². The van der Waals surface area contributed by atoms with Crippen LogP contribution in [0.15, 0.2) is 12.1 Å². The fourth-order valence-electron chi connectivity index (χ4n) is 1.74. The first-order chi connectivity index (χ1) is 8.90. The minimum Gasteiger partial charge on any atom is -0.373 e. The van der Waals surface area contributed by atoms with E-state index < -0.39 is 0 Å². The average molecular weight is 324 g/mol. The second kappa shape index (κ2) is 7.22. The molecule has 0 aliphatic carbocycles. The number of likely N-dealkylation sites (N-methyl/N-ethyl adjacent to an activating group) is 1. The molecule has 1 unspecified atom stereocenters. The molecule has 1 rings (SSSR count). The van der Waals surface area contributed by atoms with E-state index in [9.17, 15) is 4.79 Å². The molecule has 0 saturated carbocycles. The van der Waals surface area contributed by atoms with E-state index in [2.05, 4.69) is 5.32 Å². The lowest BCUT2D eigenvalue weighted by atomic mass is 10.2. The van der Waals surface area contributed by atoms with Crippen molar-refractivity contribution in [2.24, 2.45) is 0 Å². The number of rotatable bonds is 5. The first-order valence-corrected chi connectivity index (χ1v) is 7.23. The summed E-state index contributed by atoms with van der Waals surface area (Å²) < 4.78 is 0. The van der Waals surface area contributed by atoms with Crippen molar-refractivity contribution in [1.82, 2.24) is 4.90 Å². The van der Waals surface area contributed by atoms with Crippen LogP contribution in [0, 0.1) is 0 Å². The largest absolute Gasteiger partial charge is 0.373 e. The number of nitrogens with zero attached hydrogens (tertiary/aromatic N) is 1. The summed E-state index contributed by atoms with van der Waals surface area (Å²) in [6, 6.07) is 2.80. The summed E-state index contributed by atoms with van der Waals surface area (Å²) in [5, 5.41) is 4.29. The van der Waals surface area contributed by atoms with Gasteiger partial charge in [-0.15, -0.1) is 0 Å². The molecule has 3 nitrogen and oxygen atoms in total. The lowest BCUT2D eigenvalue weighted by molar-refractivity contribution is -0.131. The zero-order valence-corrected chi connectivity index (χ0v) is 13.4. The maximum atomic E-state index is 12.1. The van der Waals surface area contributed by atoms with Crippen molar-refractivity contribution >= 4 is 46.4 Å². The minimum atomic E-state index is -0.380. The van der Waals surface area contributed by atoms with Crippen LogP contribution < -0.4 is 5.32 Å².